The number of fused-ring (bicyclic) bond motifs is 2. The molecule has 2 aromatic carbocycles. The van der Waals surface area contributed by atoms with Crippen LogP contribution in [0, 0.1) is 0 Å². The fraction of sp³-hybridized carbons (Fsp3) is 0.318. The summed E-state index contributed by atoms with van der Waals surface area (Å²) < 4.78 is 10.9. The van der Waals surface area contributed by atoms with Crippen LogP contribution in [0.15, 0.2) is 42.5 Å². The Labute approximate surface area is 153 Å². The molecule has 4 nitrogen and oxygen atoms in total. The first kappa shape index (κ1) is 16.7. The predicted octanol–water partition coefficient (Wildman–Crippen LogP) is 4.08. The van der Waals surface area contributed by atoms with Gasteiger partial charge in [0, 0.05) is 29.4 Å². The molecule has 2 aliphatic heterocycles. The summed E-state index contributed by atoms with van der Waals surface area (Å²) in [4.78, 5) is 12.7. The van der Waals surface area contributed by atoms with Gasteiger partial charge in [0.2, 0.25) is 6.79 Å². The van der Waals surface area contributed by atoms with Crippen LogP contribution in [-0.2, 0) is 11.8 Å². The fourth-order valence-electron chi connectivity index (χ4n) is 3.35. The van der Waals surface area contributed by atoms with Crippen LogP contribution in [0.5, 0.6) is 11.5 Å². The van der Waals surface area contributed by atoms with Gasteiger partial charge in [0.1, 0.15) is 0 Å². The number of ether oxygens (including phenoxy) is 2. The first-order valence-electron chi connectivity index (χ1n) is 8.95. The van der Waals surface area contributed by atoms with Gasteiger partial charge in [-0.05, 0) is 35.1 Å². The van der Waals surface area contributed by atoms with Crippen LogP contribution in [0.3, 0.4) is 0 Å². The number of carbonyl (C=O) groups is 1. The lowest BCUT2D eigenvalue weighted by Crippen LogP contribution is -2.23. The summed E-state index contributed by atoms with van der Waals surface area (Å²) in [6.45, 7) is 7.55. The molecule has 0 aromatic heterocycles. The summed E-state index contributed by atoms with van der Waals surface area (Å²) >= 11 is 0. The predicted molar refractivity (Wildman–Crippen MR) is 102 cm³/mol. The van der Waals surface area contributed by atoms with Gasteiger partial charge >= 0.3 is 0 Å². The van der Waals surface area contributed by atoms with E-state index in [0.717, 1.165) is 35.7 Å². The summed E-state index contributed by atoms with van der Waals surface area (Å²) in [6, 6.07) is 11.9. The highest BCUT2D eigenvalue weighted by atomic mass is 16.7. The molecule has 0 bridgehead atoms. The third kappa shape index (κ3) is 3.07. The molecule has 2 aromatic rings. The molecule has 0 fully saturated rings. The molecule has 26 heavy (non-hydrogen) atoms. The molecule has 1 N–H and O–H groups in total. The quantitative estimate of drug-likeness (QED) is 0.655. The van der Waals surface area contributed by atoms with E-state index in [9.17, 15) is 4.79 Å². The normalized spacial score (nSPS) is 17.0. The molecule has 0 atom stereocenters. The van der Waals surface area contributed by atoms with Gasteiger partial charge in [-0.3, -0.25) is 4.79 Å². The summed E-state index contributed by atoms with van der Waals surface area (Å²) in [5, 5.41) is 3.35. The molecule has 0 unspecified atom stereocenters. The van der Waals surface area contributed by atoms with E-state index in [1.807, 2.05) is 36.4 Å². The molecule has 0 saturated carbocycles. The van der Waals surface area contributed by atoms with E-state index in [-0.39, 0.29) is 18.0 Å². The van der Waals surface area contributed by atoms with Crippen LogP contribution in [0.4, 0.5) is 0 Å². The van der Waals surface area contributed by atoms with E-state index >= 15 is 0 Å². The lowest BCUT2D eigenvalue weighted by molar-refractivity contribution is 0.104. The Hall–Kier alpha value is -2.75. The number of benzene rings is 2. The van der Waals surface area contributed by atoms with Gasteiger partial charge in [-0.15, -0.1) is 0 Å². The van der Waals surface area contributed by atoms with E-state index in [1.54, 1.807) is 6.08 Å². The standard InChI is InChI=1S/C22H23NO3/c1-22(2,3)16-6-4-14(5-7-16)19(24)12-18-17-11-21-20(25-13-26-21)10-15(17)8-9-23-18/h4-7,10-12,23H,8-9,13H2,1-3H3/b18-12-. The van der Waals surface area contributed by atoms with Gasteiger partial charge in [0.25, 0.3) is 0 Å². The lowest BCUT2D eigenvalue weighted by Gasteiger charge is -2.21. The number of nitrogens with one attached hydrogen (secondary N) is 1. The topological polar surface area (TPSA) is 47.6 Å². The highest BCUT2D eigenvalue weighted by Crippen LogP contribution is 2.38. The van der Waals surface area contributed by atoms with Crippen molar-refractivity contribution >= 4 is 11.5 Å². The van der Waals surface area contributed by atoms with Crippen molar-refractivity contribution in [1.82, 2.24) is 5.32 Å². The molecule has 0 aliphatic carbocycles. The summed E-state index contributed by atoms with van der Waals surface area (Å²) in [5.41, 5.74) is 5.02. The van der Waals surface area contributed by atoms with E-state index in [1.165, 1.54) is 11.1 Å². The lowest BCUT2D eigenvalue weighted by atomic mass is 9.86. The summed E-state index contributed by atoms with van der Waals surface area (Å²) in [5.74, 6) is 1.52. The minimum absolute atomic E-state index is 0.00141. The van der Waals surface area contributed by atoms with Gasteiger partial charge in [0.15, 0.2) is 17.3 Å². The summed E-state index contributed by atoms with van der Waals surface area (Å²) in [7, 11) is 0. The Bertz CT molecular complexity index is 889. The van der Waals surface area contributed by atoms with Crippen molar-refractivity contribution in [2.24, 2.45) is 0 Å². The summed E-state index contributed by atoms with van der Waals surface area (Å²) in [6.07, 6.45) is 2.59. The zero-order valence-corrected chi connectivity index (χ0v) is 15.4. The van der Waals surface area contributed by atoms with Crippen molar-refractivity contribution in [3.8, 4) is 11.5 Å². The molecule has 0 amide bonds. The van der Waals surface area contributed by atoms with Gasteiger partial charge in [-0.1, -0.05) is 45.0 Å². The maximum atomic E-state index is 12.7. The molecule has 0 saturated heterocycles. The number of allylic oxidation sites excluding steroid dienone is 1. The Morgan fingerprint density at radius 3 is 2.46 bits per heavy atom. The molecule has 2 heterocycles. The van der Waals surface area contributed by atoms with Crippen molar-refractivity contribution in [1.29, 1.82) is 0 Å². The largest absolute Gasteiger partial charge is 0.454 e. The fourth-order valence-corrected chi connectivity index (χ4v) is 3.35. The smallest absolute Gasteiger partial charge is 0.231 e. The highest BCUT2D eigenvalue weighted by molar-refractivity contribution is 6.08. The Morgan fingerprint density at radius 2 is 1.77 bits per heavy atom. The first-order chi connectivity index (χ1) is 12.4. The molecule has 4 rings (SSSR count). The van der Waals surface area contributed by atoms with Crippen molar-refractivity contribution in [2.45, 2.75) is 32.6 Å². The Balaban J connectivity index is 1.64. The number of hydrogen-bond acceptors (Lipinski definition) is 4. The molecule has 0 spiro atoms. The molecule has 0 radical (unpaired) electrons. The first-order valence-corrected chi connectivity index (χ1v) is 8.95. The third-order valence-corrected chi connectivity index (χ3v) is 4.91. The zero-order chi connectivity index (χ0) is 18.3. The van der Waals surface area contributed by atoms with Crippen LogP contribution in [-0.4, -0.2) is 19.1 Å². The van der Waals surface area contributed by atoms with Crippen molar-refractivity contribution in [3.05, 3.63) is 64.7 Å². The molecule has 4 heteroatoms. The number of hydrogen-bond donors (Lipinski definition) is 1. The van der Waals surface area contributed by atoms with Crippen molar-refractivity contribution in [2.75, 3.05) is 13.3 Å². The second-order valence-electron chi connectivity index (χ2n) is 7.79. The van der Waals surface area contributed by atoms with Crippen LogP contribution >= 0.6 is 0 Å². The maximum Gasteiger partial charge on any atom is 0.231 e. The minimum atomic E-state index is -0.00141. The zero-order valence-electron chi connectivity index (χ0n) is 15.4. The minimum Gasteiger partial charge on any atom is -0.454 e. The Kier molecular flexibility index (Phi) is 3.98. The van der Waals surface area contributed by atoms with Crippen LogP contribution in [0.2, 0.25) is 0 Å². The highest BCUT2D eigenvalue weighted by Gasteiger charge is 2.22. The second-order valence-corrected chi connectivity index (χ2v) is 7.79. The SMILES string of the molecule is CC(C)(C)c1ccc(C(=O)/C=C2\NCCc3cc4c(cc32)OCO4)cc1. The van der Waals surface area contributed by atoms with Crippen molar-refractivity contribution < 1.29 is 14.3 Å². The average molecular weight is 349 g/mol. The number of rotatable bonds is 2. The third-order valence-electron chi connectivity index (χ3n) is 4.91. The van der Waals surface area contributed by atoms with E-state index < -0.39 is 0 Å². The average Bonchev–Trinajstić information content (AvgIpc) is 3.07. The Morgan fingerprint density at radius 1 is 1.08 bits per heavy atom. The second kappa shape index (κ2) is 6.20. The van der Waals surface area contributed by atoms with Gasteiger partial charge < -0.3 is 14.8 Å². The van der Waals surface area contributed by atoms with Crippen LogP contribution in [0.25, 0.3) is 5.70 Å². The van der Waals surface area contributed by atoms with E-state index in [4.69, 9.17) is 9.47 Å². The number of ketones is 1. The van der Waals surface area contributed by atoms with E-state index in [0.29, 0.717) is 5.56 Å². The van der Waals surface area contributed by atoms with Crippen LogP contribution in [0.1, 0.15) is 47.8 Å². The van der Waals surface area contributed by atoms with Crippen molar-refractivity contribution in [3.63, 3.8) is 0 Å². The molecule has 134 valence electrons. The van der Waals surface area contributed by atoms with Crippen LogP contribution < -0.4 is 14.8 Å². The molecular weight excluding hydrogens is 326 g/mol. The maximum absolute atomic E-state index is 12.7. The molecular formula is C22H23NO3. The monoisotopic (exact) mass is 349 g/mol. The van der Waals surface area contributed by atoms with Gasteiger partial charge in [-0.25, -0.2) is 0 Å². The van der Waals surface area contributed by atoms with Gasteiger partial charge in [-0.2, -0.15) is 0 Å². The number of carbonyl (C=O) groups excluding carboxylic acids is 1. The van der Waals surface area contributed by atoms with E-state index in [2.05, 4.69) is 26.1 Å². The molecule has 2 aliphatic rings. The van der Waals surface area contributed by atoms with Gasteiger partial charge in [0.05, 0.1) is 0 Å².